The SMILES string of the molecule is COc1ccccc1C(NC(=O)c1ccc(Cl)cc1Cl)c1nccn1C. The molecule has 7 heteroatoms. The molecule has 0 radical (unpaired) electrons. The number of amides is 1. The van der Waals surface area contributed by atoms with E-state index in [4.69, 9.17) is 27.9 Å². The molecule has 134 valence electrons. The fourth-order valence-corrected chi connectivity index (χ4v) is 3.22. The fraction of sp³-hybridized carbons (Fsp3) is 0.158. The van der Waals surface area contributed by atoms with Crippen molar-refractivity contribution in [2.45, 2.75) is 6.04 Å². The first-order valence-corrected chi connectivity index (χ1v) is 8.63. The Morgan fingerprint density at radius 1 is 1.23 bits per heavy atom. The van der Waals surface area contributed by atoms with Crippen molar-refractivity contribution in [3.05, 3.63) is 81.9 Å². The van der Waals surface area contributed by atoms with Crippen molar-refractivity contribution in [3.63, 3.8) is 0 Å². The minimum atomic E-state index is -0.509. The molecule has 3 rings (SSSR count). The second-order valence-electron chi connectivity index (χ2n) is 5.67. The van der Waals surface area contributed by atoms with Gasteiger partial charge in [0.15, 0.2) is 0 Å². The lowest BCUT2D eigenvalue weighted by Gasteiger charge is -2.21. The number of halogens is 2. The molecular weight excluding hydrogens is 373 g/mol. The fourth-order valence-electron chi connectivity index (χ4n) is 2.72. The maximum absolute atomic E-state index is 12.9. The summed E-state index contributed by atoms with van der Waals surface area (Å²) in [6.45, 7) is 0. The minimum Gasteiger partial charge on any atom is -0.496 e. The Morgan fingerprint density at radius 2 is 2.00 bits per heavy atom. The number of para-hydroxylation sites is 1. The Labute approximate surface area is 161 Å². The monoisotopic (exact) mass is 389 g/mol. The highest BCUT2D eigenvalue weighted by molar-refractivity contribution is 6.36. The maximum atomic E-state index is 12.9. The summed E-state index contributed by atoms with van der Waals surface area (Å²) in [7, 11) is 3.46. The van der Waals surface area contributed by atoms with Crippen LogP contribution >= 0.6 is 23.2 Å². The van der Waals surface area contributed by atoms with Crippen molar-refractivity contribution in [1.29, 1.82) is 0 Å². The molecule has 0 bridgehead atoms. The highest BCUT2D eigenvalue weighted by Crippen LogP contribution is 2.30. The third-order valence-corrected chi connectivity index (χ3v) is 4.57. The zero-order valence-corrected chi connectivity index (χ0v) is 15.8. The van der Waals surface area contributed by atoms with Crippen LogP contribution in [0.1, 0.15) is 27.8 Å². The van der Waals surface area contributed by atoms with Gasteiger partial charge in [-0.05, 0) is 24.3 Å². The van der Waals surface area contributed by atoms with Crippen molar-refractivity contribution in [3.8, 4) is 5.75 Å². The van der Waals surface area contributed by atoms with E-state index in [2.05, 4.69) is 10.3 Å². The van der Waals surface area contributed by atoms with Gasteiger partial charge in [0.05, 0.1) is 17.7 Å². The Hall–Kier alpha value is -2.50. The number of hydrogen-bond acceptors (Lipinski definition) is 3. The summed E-state index contributed by atoms with van der Waals surface area (Å²) in [5.74, 6) is 1.00. The topological polar surface area (TPSA) is 56.1 Å². The number of carbonyl (C=O) groups is 1. The Kier molecular flexibility index (Phi) is 5.49. The van der Waals surface area contributed by atoms with Gasteiger partial charge >= 0.3 is 0 Å². The molecule has 0 aliphatic heterocycles. The van der Waals surface area contributed by atoms with Crippen LogP contribution in [0.2, 0.25) is 10.0 Å². The summed E-state index contributed by atoms with van der Waals surface area (Å²) in [4.78, 5) is 17.2. The predicted octanol–water partition coefficient (Wildman–Crippen LogP) is 4.25. The number of ether oxygens (including phenoxy) is 1. The molecule has 0 saturated carbocycles. The molecule has 1 amide bonds. The van der Waals surface area contributed by atoms with Crippen LogP contribution in [0.25, 0.3) is 0 Å². The Balaban J connectivity index is 2.02. The first kappa shape index (κ1) is 18.3. The van der Waals surface area contributed by atoms with E-state index in [1.807, 2.05) is 42.1 Å². The van der Waals surface area contributed by atoms with Crippen molar-refractivity contribution in [2.75, 3.05) is 7.11 Å². The zero-order chi connectivity index (χ0) is 18.7. The molecule has 0 aliphatic rings. The number of nitrogens with one attached hydrogen (secondary N) is 1. The van der Waals surface area contributed by atoms with Gasteiger partial charge in [-0.3, -0.25) is 4.79 Å². The standard InChI is InChI=1S/C19H17Cl2N3O2/c1-24-10-9-22-18(24)17(14-5-3-4-6-16(14)26-2)23-19(25)13-8-7-12(20)11-15(13)21/h3-11,17H,1-2H3,(H,23,25). The highest BCUT2D eigenvalue weighted by Gasteiger charge is 2.25. The van der Waals surface area contributed by atoms with E-state index in [0.717, 1.165) is 5.56 Å². The van der Waals surface area contributed by atoms with Gasteiger partial charge in [0, 0.05) is 30.0 Å². The lowest BCUT2D eigenvalue weighted by molar-refractivity contribution is 0.0941. The number of nitrogens with zero attached hydrogens (tertiary/aromatic N) is 2. The molecule has 1 aromatic heterocycles. The summed E-state index contributed by atoms with van der Waals surface area (Å²) in [6.07, 6.45) is 3.50. The number of methoxy groups -OCH3 is 1. The molecule has 1 heterocycles. The van der Waals surface area contributed by atoms with E-state index in [0.29, 0.717) is 22.2 Å². The summed E-state index contributed by atoms with van der Waals surface area (Å²) in [5, 5.41) is 3.75. The third-order valence-electron chi connectivity index (χ3n) is 4.02. The Bertz CT molecular complexity index is 940. The zero-order valence-electron chi connectivity index (χ0n) is 14.2. The van der Waals surface area contributed by atoms with Crippen LogP contribution in [0.3, 0.4) is 0 Å². The molecule has 0 spiro atoms. The van der Waals surface area contributed by atoms with E-state index in [9.17, 15) is 4.79 Å². The largest absolute Gasteiger partial charge is 0.496 e. The lowest BCUT2D eigenvalue weighted by Crippen LogP contribution is -2.31. The average molecular weight is 390 g/mol. The summed E-state index contributed by atoms with van der Waals surface area (Å²) < 4.78 is 7.31. The lowest BCUT2D eigenvalue weighted by atomic mass is 10.0. The number of carbonyl (C=O) groups excluding carboxylic acids is 1. The first-order chi connectivity index (χ1) is 12.5. The van der Waals surface area contributed by atoms with Gasteiger partial charge in [-0.15, -0.1) is 0 Å². The second kappa shape index (κ2) is 7.81. The van der Waals surface area contributed by atoms with Gasteiger partial charge in [-0.2, -0.15) is 0 Å². The van der Waals surface area contributed by atoms with Crippen molar-refractivity contribution in [2.24, 2.45) is 7.05 Å². The van der Waals surface area contributed by atoms with E-state index in [1.165, 1.54) is 6.07 Å². The molecule has 0 fully saturated rings. The number of rotatable bonds is 5. The molecule has 5 nitrogen and oxygen atoms in total. The Morgan fingerprint density at radius 3 is 2.65 bits per heavy atom. The van der Waals surface area contributed by atoms with E-state index < -0.39 is 6.04 Å². The number of benzene rings is 2. The molecule has 0 aliphatic carbocycles. The molecule has 3 aromatic rings. The summed E-state index contributed by atoms with van der Waals surface area (Å²) in [5.41, 5.74) is 1.13. The van der Waals surface area contributed by atoms with Gasteiger partial charge in [-0.25, -0.2) is 4.98 Å². The molecule has 1 unspecified atom stereocenters. The average Bonchev–Trinajstić information content (AvgIpc) is 3.05. The van der Waals surface area contributed by atoms with E-state index in [1.54, 1.807) is 25.4 Å². The smallest absolute Gasteiger partial charge is 0.253 e. The first-order valence-electron chi connectivity index (χ1n) is 7.87. The van der Waals surface area contributed by atoms with Crippen LogP contribution in [0.4, 0.5) is 0 Å². The van der Waals surface area contributed by atoms with Crippen LogP contribution in [0.15, 0.2) is 54.9 Å². The van der Waals surface area contributed by atoms with Gasteiger partial charge in [0.1, 0.15) is 17.6 Å². The molecule has 0 saturated heterocycles. The van der Waals surface area contributed by atoms with Crippen molar-refractivity contribution < 1.29 is 9.53 Å². The number of aryl methyl sites for hydroxylation is 1. The van der Waals surface area contributed by atoms with Gasteiger partial charge in [0.25, 0.3) is 5.91 Å². The van der Waals surface area contributed by atoms with Crippen molar-refractivity contribution >= 4 is 29.1 Å². The van der Waals surface area contributed by atoms with Crippen LogP contribution in [-0.2, 0) is 7.05 Å². The third kappa shape index (κ3) is 3.69. The van der Waals surface area contributed by atoms with Crippen LogP contribution in [0.5, 0.6) is 5.75 Å². The summed E-state index contributed by atoms with van der Waals surface area (Å²) in [6, 6.07) is 11.7. The van der Waals surface area contributed by atoms with E-state index >= 15 is 0 Å². The van der Waals surface area contributed by atoms with E-state index in [-0.39, 0.29) is 10.9 Å². The highest BCUT2D eigenvalue weighted by atomic mass is 35.5. The predicted molar refractivity (Wildman–Crippen MR) is 102 cm³/mol. The van der Waals surface area contributed by atoms with Crippen molar-refractivity contribution in [1.82, 2.24) is 14.9 Å². The van der Waals surface area contributed by atoms with Crippen LogP contribution < -0.4 is 10.1 Å². The van der Waals surface area contributed by atoms with Crippen LogP contribution in [-0.4, -0.2) is 22.6 Å². The minimum absolute atomic E-state index is 0.286. The molecular formula is C19H17Cl2N3O2. The molecule has 26 heavy (non-hydrogen) atoms. The summed E-state index contributed by atoms with van der Waals surface area (Å²) >= 11 is 12.1. The number of imidazole rings is 1. The normalized spacial score (nSPS) is 11.8. The van der Waals surface area contributed by atoms with Gasteiger partial charge < -0.3 is 14.6 Å². The second-order valence-corrected chi connectivity index (χ2v) is 6.51. The molecule has 1 atom stereocenters. The number of hydrogen-bond donors (Lipinski definition) is 1. The van der Waals surface area contributed by atoms with Gasteiger partial charge in [0.2, 0.25) is 0 Å². The number of aromatic nitrogens is 2. The molecule has 2 aromatic carbocycles. The van der Waals surface area contributed by atoms with Crippen LogP contribution in [0, 0.1) is 0 Å². The molecule has 1 N–H and O–H groups in total. The van der Waals surface area contributed by atoms with Gasteiger partial charge in [-0.1, -0.05) is 41.4 Å². The quantitative estimate of drug-likeness (QED) is 0.709. The maximum Gasteiger partial charge on any atom is 0.253 e.